The molecule has 0 aromatic heterocycles. The van der Waals surface area contributed by atoms with Crippen molar-refractivity contribution in [3.05, 3.63) is 90.0 Å². The van der Waals surface area contributed by atoms with Crippen molar-refractivity contribution < 1.29 is 13.2 Å². The lowest BCUT2D eigenvalue weighted by molar-refractivity contribution is -0.122. The number of benzene rings is 3. The van der Waals surface area contributed by atoms with Gasteiger partial charge < -0.3 is 0 Å². The smallest absolute Gasteiger partial charge is 0.257 e. The second-order valence-electron chi connectivity index (χ2n) is 8.05. The zero-order valence-electron chi connectivity index (χ0n) is 18.0. The first-order valence-electron chi connectivity index (χ1n) is 10.3. The number of amides is 1. The lowest BCUT2D eigenvalue weighted by Crippen LogP contribution is -2.43. The third-order valence-corrected chi connectivity index (χ3v) is 6.36. The Labute approximate surface area is 184 Å². The van der Waals surface area contributed by atoms with Crippen LogP contribution in [0.3, 0.4) is 0 Å². The predicted molar refractivity (Wildman–Crippen MR) is 124 cm³/mol. The van der Waals surface area contributed by atoms with Crippen LogP contribution in [-0.4, -0.2) is 14.3 Å². The Bertz CT molecular complexity index is 1110. The molecule has 31 heavy (non-hydrogen) atoms. The normalized spacial score (nSPS) is 12.5. The van der Waals surface area contributed by atoms with Crippen LogP contribution in [-0.2, 0) is 21.2 Å². The largest absolute Gasteiger partial charge is 0.277 e. The molecule has 0 saturated carbocycles. The molecular formula is C25H28N2O3S. The third kappa shape index (κ3) is 6.03. The van der Waals surface area contributed by atoms with Gasteiger partial charge in [0.15, 0.2) is 0 Å². The van der Waals surface area contributed by atoms with Crippen LogP contribution in [0.25, 0.3) is 11.1 Å². The van der Waals surface area contributed by atoms with E-state index < -0.39 is 21.8 Å². The van der Waals surface area contributed by atoms with Crippen molar-refractivity contribution in [3.8, 4) is 11.1 Å². The number of carbonyl (C=O) groups is 1. The fourth-order valence-electron chi connectivity index (χ4n) is 3.31. The maximum absolute atomic E-state index is 12.6. The van der Waals surface area contributed by atoms with Crippen LogP contribution in [0.5, 0.6) is 0 Å². The minimum absolute atomic E-state index is 0.0816. The van der Waals surface area contributed by atoms with Gasteiger partial charge in [-0.15, -0.1) is 4.83 Å². The van der Waals surface area contributed by atoms with E-state index in [2.05, 4.69) is 24.1 Å². The van der Waals surface area contributed by atoms with Crippen molar-refractivity contribution in [2.45, 2.75) is 38.0 Å². The summed E-state index contributed by atoms with van der Waals surface area (Å²) < 4.78 is 25.1. The molecule has 1 atom stereocenters. The van der Waals surface area contributed by atoms with Crippen molar-refractivity contribution in [2.75, 3.05) is 0 Å². The summed E-state index contributed by atoms with van der Waals surface area (Å²) in [5.41, 5.74) is 6.30. The van der Waals surface area contributed by atoms with Crippen molar-refractivity contribution in [3.63, 3.8) is 0 Å². The molecule has 1 unspecified atom stereocenters. The van der Waals surface area contributed by atoms with Crippen LogP contribution in [0.4, 0.5) is 0 Å². The van der Waals surface area contributed by atoms with E-state index in [0.29, 0.717) is 5.92 Å². The number of rotatable bonds is 8. The lowest BCUT2D eigenvalue weighted by atomic mass is 9.96. The summed E-state index contributed by atoms with van der Waals surface area (Å²) in [6.45, 7) is 6.06. The first-order chi connectivity index (χ1) is 14.8. The van der Waals surface area contributed by atoms with Gasteiger partial charge in [0.25, 0.3) is 10.0 Å². The molecule has 3 rings (SSSR count). The molecule has 5 nitrogen and oxygen atoms in total. The maximum Gasteiger partial charge on any atom is 0.257 e. The van der Waals surface area contributed by atoms with Crippen molar-refractivity contribution in [1.29, 1.82) is 0 Å². The predicted octanol–water partition coefficient (Wildman–Crippen LogP) is 4.67. The van der Waals surface area contributed by atoms with E-state index >= 15 is 0 Å². The first kappa shape index (κ1) is 22.7. The quantitative estimate of drug-likeness (QED) is 0.504. The molecule has 1 amide bonds. The summed E-state index contributed by atoms with van der Waals surface area (Å²) >= 11 is 0. The fraction of sp³-hybridized carbons (Fsp3) is 0.240. The van der Waals surface area contributed by atoms with Gasteiger partial charge in [0.2, 0.25) is 5.91 Å². The molecule has 6 heteroatoms. The molecule has 0 fully saturated rings. The van der Waals surface area contributed by atoms with Gasteiger partial charge in [-0.25, -0.2) is 8.42 Å². The highest BCUT2D eigenvalue weighted by Gasteiger charge is 2.19. The van der Waals surface area contributed by atoms with Gasteiger partial charge in [-0.3, -0.25) is 10.2 Å². The second kappa shape index (κ2) is 9.90. The van der Waals surface area contributed by atoms with Crippen LogP contribution in [0.2, 0.25) is 0 Å². The summed E-state index contributed by atoms with van der Waals surface area (Å²) in [7, 11) is -3.87. The maximum atomic E-state index is 12.6. The Kier molecular flexibility index (Phi) is 7.25. The zero-order chi connectivity index (χ0) is 22.4. The molecule has 0 aliphatic carbocycles. The third-order valence-electron chi connectivity index (χ3n) is 5.10. The van der Waals surface area contributed by atoms with Crippen LogP contribution in [0, 0.1) is 5.92 Å². The summed E-state index contributed by atoms with van der Waals surface area (Å²) in [5.74, 6) is -0.347. The van der Waals surface area contributed by atoms with E-state index in [4.69, 9.17) is 0 Å². The number of carbonyl (C=O) groups excluding carboxylic acids is 1. The summed E-state index contributed by atoms with van der Waals surface area (Å²) in [4.78, 5) is 14.8. The number of hydrogen-bond donors (Lipinski definition) is 2. The highest BCUT2D eigenvalue weighted by atomic mass is 32.2. The number of hydrogen-bond acceptors (Lipinski definition) is 3. The van der Waals surface area contributed by atoms with Crippen LogP contribution in [0.15, 0.2) is 83.8 Å². The molecule has 0 aliphatic heterocycles. The van der Waals surface area contributed by atoms with E-state index in [0.717, 1.165) is 23.1 Å². The molecule has 0 bridgehead atoms. The molecule has 0 spiro atoms. The van der Waals surface area contributed by atoms with Gasteiger partial charge in [0.1, 0.15) is 0 Å². The average Bonchev–Trinajstić information content (AvgIpc) is 2.78. The molecule has 3 aromatic rings. The summed E-state index contributed by atoms with van der Waals surface area (Å²) in [6, 6.07) is 24.1. The molecule has 0 aliphatic rings. The average molecular weight is 437 g/mol. The molecule has 162 valence electrons. The molecular weight excluding hydrogens is 408 g/mol. The van der Waals surface area contributed by atoms with Crippen molar-refractivity contribution >= 4 is 15.9 Å². The minimum Gasteiger partial charge on any atom is -0.277 e. The van der Waals surface area contributed by atoms with E-state index in [1.807, 2.05) is 54.6 Å². The van der Waals surface area contributed by atoms with E-state index in [1.165, 1.54) is 17.7 Å². The lowest BCUT2D eigenvalue weighted by Gasteiger charge is -2.14. The van der Waals surface area contributed by atoms with Crippen LogP contribution >= 0.6 is 0 Å². The molecule has 0 radical (unpaired) electrons. The van der Waals surface area contributed by atoms with Gasteiger partial charge in [0, 0.05) is 0 Å². The van der Waals surface area contributed by atoms with Crippen molar-refractivity contribution in [2.24, 2.45) is 5.92 Å². The Morgan fingerprint density at radius 2 is 1.39 bits per heavy atom. The Morgan fingerprint density at radius 1 is 0.806 bits per heavy atom. The number of hydrazine groups is 1. The molecule has 0 heterocycles. The number of nitrogens with one attached hydrogen (secondary N) is 2. The second-order valence-corrected chi connectivity index (χ2v) is 9.73. The van der Waals surface area contributed by atoms with Gasteiger partial charge in [-0.1, -0.05) is 80.6 Å². The molecule has 2 N–H and O–H groups in total. The van der Waals surface area contributed by atoms with Gasteiger partial charge in [-0.05, 0) is 53.6 Å². The number of sulfonamides is 1. The van der Waals surface area contributed by atoms with E-state index in [1.54, 1.807) is 19.1 Å². The van der Waals surface area contributed by atoms with Gasteiger partial charge >= 0.3 is 0 Å². The van der Waals surface area contributed by atoms with Crippen LogP contribution < -0.4 is 10.3 Å². The molecule has 0 saturated heterocycles. The Morgan fingerprint density at radius 3 is 1.97 bits per heavy atom. The highest BCUT2D eigenvalue weighted by Crippen LogP contribution is 2.21. The highest BCUT2D eigenvalue weighted by molar-refractivity contribution is 7.89. The van der Waals surface area contributed by atoms with E-state index in [9.17, 15) is 13.2 Å². The minimum atomic E-state index is -3.87. The Hall–Kier alpha value is -2.96. The molecule has 3 aromatic carbocycles. The summed E-state index contributed by atoms with van der Waals surface area (Å²) in [6.07, 6.45) is 0.976. The SMILES string of the molecule is CC(C)Cc1ccc(C(C)C(=O)NNS(=O)(=O)c2ccc(-c3ccccc3)cc2)cc1. The monoisotopic (exact) mass is 436 g/mol. The topological polar surface area (TPSA) is 75.3 Å². The first-order valence-corrected chi connectivity index (χ1v) is 11.8. The van der Waals surface area contributed by atoms with Crippen molar-refractivity contribution in [1.82, 2.24) is 10.3 Å². The van der Waals surface area contributed by atoms with Gasteiger partial charge in [0.05, 0.1) is 10.8 Å². The fourth-order valence-corrected chi connectivity index (χ4v) is 4.15. The zero-order valence-corrected chi connectivity index (χ0v) is 18.8. The summed E-state index contributed by atoms with van der Waals surface area (Å²) in [5, 5.41) is 0. The van der Waals surface area contributed by atoms with Gasteiger partial charge in [-0.2, -0.15) is 0 Å². The van der Waals surface area contributed by atoms with E-state index in [-0.39, 0.29) is 4.90 Å². The van der Waals surface area contributed by atoms with Crippen LogP contribution in [0.1, 0.15) is 37.8 Å². The standard InChI is InChI=1S/C25H28N2O3S/c1-18(2)17-20-9-11-21(12-10-20)19(3)25(28)26-27-31(29,30)24-15-13-23(14-16-24)22-7-5-4-6-8-22/h4-16,18-19,27H,17H2,1-3H3,(H,26,28). The Balaban J connectivity index is 1.62.